The number of aromatic nitrogens is 1. The van der Waals surface area contributed by atoms with E-state index in [-0.39, 0.29) is 27.9 Å². The maximum absolute atomic E-state index is 13.8. The number of aryl methyl sites for hydroxylation is 2. The van der Waals surface area contributed by atoms with Crippen LogP contribution in [0.25, 0.3) is 0 Å². The Kier molecular flexibility index (Phi) is 5.67. The monoisotopic (exact) mass is 401 g/mol. The highest BCUT2D eigenvalue weighted by Gasteiger charge is 2.56. The number of aromatic hydroxyl groups is 1. The number of pyridine rings is 1. The van der Waals surface area contributed by atoms with Gasteiger partial charge in [-0.15, -0.1) is 0 Å². The number of phenols is 1. The van der Waals surface area contributed by atoms with E-state index in [0.29, 0.717) is 0 Å². The number of aliphatic hydroxyl groups is 1. The molecule has 1 aromatic carbocycles. The molecule has 2 aromatic rings. The summed E-state index contributed by atoms with van der Waals surface area (Å²) in [4.78, 5) is 11.8. The smallest absolute Gasteiger partial charge is 0.418 e. The van der Waals surface area contributed by atoms with Crippen molar-refractivity contribution in [3.63, 3.8) is 0 Å². The molecule has 0 aliphatic heterocycles. The minimum Gasteiger partial charge on any atom is -0.508 e. The lowest BCUT2D eigenvalue weighted by atomic mass is 9.74. The Morgan fingerprint density at radius 1 is 1.07 bits per heavy atom. The van der Waals surface area contributed by atoms with Crippen LogP contribution in [0, 0.1) is 19.7 Å². The van der Waals surface area contributed by atoms with Gasteiger partial charge in [-0.25, -0.2) is 4.39 Å². The Balaban J connectivity index is 2.48. The normalized spacial score (nSPS) is 14.8. The number of rotatable bonds is 5. The molecule has 2 N–H and O–H groups in total. The fraction of sp³-hybridized carbons (Fsp3) is 0.450. The van der Waals surface area contributed by atoms with Gasteiger partial charge in [-0.3, -0.25) is 4.79 Å². The third kappa shape index (κ3) is 4.38. The molecule has 4 nitrogen and oxygen atoms in total. The fourth-order valence-electron chi connectivity index (χ4n) is 3.48. The van der Waals surface area contributed by atoms with Crippen LogP contribution in [0.2, 0.25) is 0 Å². The Morgan fingerprint density at radius 2 is 1.61 bits per heavy atom. The van der Waals surface area contributed by atoms with Crippen LogP contribution in [0.5, 0.6) is 5.75 Å². The van der Waals surface area contributed by atoms with E-state index in [1.165, 1.54) is 40.1 Å². The molecule has 1 unspecified atom stereocenters. The summed E-state index contributed by atoms with van der Waals surface area (Å²) in [5.74, 6) is -1.06. The van der Waals surface area contributed by atoms with Gasteiger partial charge in [0.15, 0.2) is 11.0 Å². The molecule has 0 saturated heterocycles. The molecule has 1 atom stereocenters. The molecular formula is C20H23F4NO3. The summed E-state index contributed by atoms with van der Waals surface area (Å²) in [5, 5.41) is 20.6. The quantitative estimate of drug-likeness (QED) is 0.746. The predicted molar refractivity (Wildman–Crippen MR) is 96.9 cm³/mol. The van der Waals surface area contributed by atoms with Crippen LogP contribution in [0.15, 0.2) is 35.4 Å². The first-order chi connectivity index (χ1) is 12.7. The van der Waals surface area contributed by atoms with Crippen LogP contribution in [0.1, 0.15) is 37.0 Å². The maximum Gasteiger partial charge on any atom is 0.418 e. The zero-order valence-corrected chi connectivity index (χ0v) is 16.1. The molecule has 0 amide bonds. The van der Waals surface area contributed by atoms with E-state index < -0.39 is 36.0 Å². The summed E-state index contributed by atoms with van der Waals surface area (Å²) in [6.45, 7) is 4.89. The third-order valence-electron chi connectivity index (χ3n) is 4.83. The van der Waals surface area contributed by atoms with Gasteiger partial charge in [0.05, 0.1) is 6.54 Å². The molecular weight excluding hydrogens is 378 g/mol. The van der Waals surface area contributed by atoms with Gasteiger partial charge in [0.2, 0.25) is 0 Å². The number of hydrogen-bond acceptors (Lipinski definition) is 3. The van der Waals surface area contributed by atoms with E-state index in [0.717, 1.165) is 22.8 Å². The van der Waals surface area contributed by atoms with E-state index in [9.17, 15) is 32.6 Å². The first-order valence-corrected chi connectivity index (χ1v) is 8.62. The summed E-state index contributed by atoms with van der Waals surface area (Å²) >= 11 is 0. The molecule has 0 spiro atoms. The van der Waals surface area contributed by atoms with E-state index in [2.05, 4.69) is 0 Å². The maximum atomic E-state index is 13.8. The number of phenolic OH excluding ortho intramolecular Hbond substituents is 1. The van der Waals surface area contributed by atoms with Crippen LogP contribution in [0.3, 0.4) is 0 Å². The highest BCUT2D eigenvalue weighted by atomic mass is 19.4. The standard InChI is InChI=1S/C20H23F4NO3/c1-12-8-25(9-13(2)17(12)27)11-19(28,20(22,23)24)10-18(3,4)15-7-14(21)5-6-16(15)26/h5-9,26,28H,10-11H2,1-4H3. The third-order valence-corrected chi connectivity index (χ3v) is 4.83. The molecule has 154 valence electrons. The molecule has 1 heterocycles. The molecule has 0 aliphatic rings. The number of benzene rings is 1. The van der Waals surface area contributed by atoms with E-state index in [1.807, 2.05) is 0 Å². The zero-order valence-electron chi connectivity index (χ0n) is 16.1. The van der Waals surface area contributed by atoms with Gasteiger partial charge in [-0.2, -0.15) is 13.2 Å². The van der Waals surface area contributed by atoms with Crippen LogP contribution < -0.4 is 5.43 Å². The van der Waals surface area contributed by atoms with Crippen molar-refractivity contribution in [2.24, 2.45) is 0 Å². The molecule has 0 aliphatic carbocycles. The van der Waals surface area contributed by atoms with E-state index in [4.69, 9.17) is 0 Å². The lowest BCUT2D eigenvalue weighted by molar-refractivity contribution is -0.271. The highest BCUT2D eigenvalue weighted by Crippen LogP contribution is 2.44. The number of hydrogen-bond donors (Lipinski definition) is 2. The van der Waals surface area contributed by atoms with Gasteiger partial charge in [0.1, 0.15) is 11.6 Å². The SMILES string of the molecule is Cc1cn(CC(O)(CC(C)(C)c2cc(F)ccc2O)C(F)(F)F)cc(C)c1=O. The second-order valence-corrected chi connectivity index (χ2v) is 7.88. The van der Waals surface area contributed by atoms with Crippen molar-refractivity contribution >= 4 is 0 Å². The molecule has 1 aromatic heterocycles. The van der Waals surface area contributed by atoms with Gasteiger partial charge in [0, 0.05) is 29.1 Å². The molecule has 0 fully saturated rings. The second-order valence-electron chi connectivity index (χ2n) is 7.88. The van der Waals surface area contributed by atoms with Crippen LogP contribution >= 0.6 is 0 Å². The van der Waals surface area contributed by atoms with E-state index >= 15 is 0 Å². The van der Waals surface area contributed by atoms with Crippen molar-refractivity contribution in [1.82, 2.24) is 4.57 Å². The van der Waals surface area contributed by atoms with Gasteiger partial charge in [-0.1, -0.05) is 13.8 Å². The summed E-state index contributed by atoms with van der Waals surface area (Å²) in [6, 6.07) is 3.02. The Bertz CT molecular complexity index is 908. The van der Waals surface area contributed by atoms with Crippen molar-refractivity contribution in [1.29, 1.82) is 0 Å². The van der Waals surface area contributed by atoms with Gasteiger partial charge < -0.3 is 14.8 Å². The first kappa shape index (κ1) is 21.9. The molecule has 0 bridgehead atoms. The van der Waals surface area contributed by atoms with Gasteiger partial charge in [-0.05, 0) is 43.9 Å². The Hall–Kier alpha value is -2.35. The van der Waals surface area contributed by atoms with Crippen LogP contribution in [-0.2, 0) is 12.0 Å². The average Bonchev–Trinajstić information content (AvgIpc) is 2.53. The summed E-state index contributed by atoms with van der Waals surface area (Å²) < 4.78 is 56.2. The topological polar surface area (TPSA) is 62.5 Å². The molecule has 0 radical (unpaired) electrons. The number of nitrogens with zero attached hydrogens (tertiary/aromatic N) is 1. The molecule has 0 saturated carbocycles. The van der Waals surface area contributed by atoms with Crippen LogP contribution in [0.4, 0.5) is 17.6 Å². The van der Waals surface area contributed by atoms with Crippen molar-refractivity contribution < 1.29 is 27.8 Å². The summed E-state index contributed by atoms with van der Waals surface area (Å²) in [5.41, 5.74) is -4.39. The number of halogens is 4. The Labute approximate surface area is 160 Å². The first-order valence-electron chi connectivity index (χ1n) is 8.62. The lowest BCUT2D eigenvalue weighted by Crippen LogP contribution is -2.52. The van der Waals surface area contributed by atoms with E-state index in [1.54, 1.807) is 0 Å². The molecule has 2 rings (SSSR count). The van der Waals surface area contributed by atoms with Crippen LogP contribution in [-0.4, -0.2) is 26.6 Å². The molecule has 8 heteroatoms. The van der Waals surface area contributed by atoms with Gasteiger partial charge in [0.25, 0.3) is 0 Å². The minimum atomic E-state index is -5.00. The minimum absolute atomic E-state index is 0.0394. The number of alkyl halides is 3. The highest BCUT2D eigenvalue weighted by molar-refractivity contribution is 5.38. The lowest BCUT2D eigenvalue weighted by Gasteiger charge is -2.38. The van der Waals surface area contributed by atoms with Gasteiger partial charge >= 0.3 is 6.18 Å². The molecule has 28 heavy (non-hydrogen) atoms. The van der Waals surface area contributed by atoms with Crippen molar-refractivity contribution in [2.45, 2.75) is 57.9 Å². The van der Waals surface area contributed by atoms with Crippen molar-refractivity contribution in [2.75, 3.05) is 0 Å². The zero-order chi connectivity index (χ0) is 21.5. The second kappa shape index (κ2) is 7.24. The Morgan fingerprint density at radius 3 is 2.11 bits per heavy atom. The predicted octanol–water partition coefficient (Wildman–Crippen LogP) is 3.97. The summed E-state index contributed by atoms with van der Waals surface area (Å²) in [7, 11) is 0. The largest absolute Gasteiger partial charge is 0.508 e. The summed E-state index contributed by atoms with van der Waals surface area (Å²) in [6.07, 6.45) is -3.33. The van der Waals surface area contributed by atoms with Crippen molar-refractivity contribution in [3.05, 3.63) is 63.3 Å². The average molecular weight is 401 g/mol. The fourth-order valence-corrected chi connectivity index (χ4v) is 3.48. The van der Waals surface area contributed by atoms with Crippen molar-refractivity contribution in [3.8, 4) is 5.75 Å².